The smallest absolute Gasteiger partial charge is 0.127 e. The highest BCUT2D eigenvalue weighted by Crippen LogP contribution is 2.34. The number of carbonyl (C=O) groups is 1. The summed E-state index contributed by atoms with van der Waals surface area (Å²) in [5.41, 5.74) is -0.181. The van der Waals surface area contributed by atoms with E-state index in [2.05, 4.69) is 0 Å². The van der Waals surface area contributed by atoms with E-state index < -0.39 is 6.10 Å². The van der Waals surface area contributed by atoms with Crippen LogP contribution in [-0.2, 0) is 9.53 Å². The average molecular weight is 243 g/mol. The minimum Gasteiger partial charge on any atom is -0.389 e. The summed E-state index contributed by atoms with van der Waals surface area (Å²) in [6.07, 6.45) is 6.16. The highest BCUT2D eigenvalue weighted by atomic mass is 16.5. The number of hydrogen-bond donors (Lipinski definition) is 1. The summed E-state index contributed by atoms with van der Waals surface area (Å²) in [6, 6.07) is 0. The first-order valence-corrected chi connectivity index (χ1v) is 6.44. The van der Waals surface area contributed by atoms with Crippen molar-refractivity contribution < 1.29 is 14.6 Å². The first-order chi connectivity index (χ1) is 8.12. The number of likely N-dealkylation sites (N-methyl/N-ethyl adjacent to an activating group) is 1. The average Bonchev–Trinajstić information content (AvgIpc) is 2.30. The van der Waals surface area contributed by atoms with E-state index in [1.165, 1.54) is 6.42 Å². The molecule has 1 unspecified atom stereocenters. The Balaban J connectivity index is 2.41. The lowest BCUT2D eigenvalue weighted by Gasteiger charge is -2.36. The van der Waals surface area contributed by atoms with Gasteiger partial charge in [-0.3, -0.25) is 0 Å². The molecule has 0 saturated heterocycles. The normalized spacial score (nSPS) is 21.4. The van der Waals surface area contributed by atoms with Crippen LogP contribution in [0.4, 0.5) is 0 Å². The Labute approximate surface area is 104 Å². The lowest BCUT2D eigenvalue weighted by atomic mass is 9.75. The van der Waals surface area contributed by atoms with Crippen LogP contribution in [0.2, 0.25) is 0 Å². The quantitative estimate of drug-likeness (QED) is 0.680. The second kappa shape index (κ2) is 7.09. The molecule has 1 rings (SSSR count). The zero-order valence-electron chi connectivity index (χ0n) is 11.0. The van der Waals surface area contributed by atoms with Gasteiger partial charge in [0.1, 0.15) is 6.29 Å². The molecule has 0 spiro atoms. The summed E-state index contributed by atoms with van der Waals surface area (Å²) in [7, 11) is 3.54. The van der Waals surface area contributed by atoms with Gasteiger partial charge in [-0.2, -0.15) is 0 Å². The number of ether oxygens (including phenoxy) is 1. The second-order valence-electron chi connectivity index (χ2n) is 5.35. The van der Waals surface area contributed by atoms with Gasteiger partial charge in [-0.1, -0.05) is 19.3 Å². The van der Waals surface area contributed by atoms with E-state index in [1.807, 2.05) is 11.9 Å². The van der Waals surface area contributed by atoms with Gasteiger partial charge >= 0.3 is 0 Å². The Bertz CT molecular complexity index is 227. The van der Waals surface area contributed by atoms with Crippen LogP contribution in [0, 0.1) is 5.41 Å². The van der Waals surface area contributed by atoms with E-state index in [9.17, 15) is 9.90 Å². The molecule has 4 heteroatoms. The van der Waals surface area contributed by atoms with Crippen LogP contribution in [0.25, 0.3) is 0 Å². The number of rotatable bonds is 7. The van der Waals surface area contributed by atoms with Crippen molar-refractivity contribution in [1.29, 1.82) is 0 Å². The van der Waals surface area contributed by atoms with Crippen LogP contribution in [0.1, 0.15) is 32.1 Å². The fourth-order valence-corrected chi connectivity index (χ4v) is 2.78. The van der Waals surface area contributed by atoms with E-state index >= 15 is 0 Å². The molecule has 0 aromatic heterocycles. The van der Waals surface area contributed by atoms with Crippen LogP contribution < -0.4 is 0 Å². The van der Waals surface area contributed by atoms with Crippen molar-refractivity contribution in [2.24, 2.45) is 5.41 Å². The van der Waals surface area contributed by atoms with Gasteiger partial charge in [0.05, 0.1) is 12.7 Å². The summed E-state index contributed by atoms with van der Waals surface area (Å²) in [6.45, 7) is 1.65. The zero-order chi connectivity index (χ0) is 12.7. The van der Waals surface area contributed by atoms with Crippen LogP contribution in [0.15, 0.2) is 0 Å². The van der Waals surface area contributed by atoms with Crippen LogP contribution in [-0.4, -0.2) is 56.3 Å². The number of carbonyl (C=O) groups excluding carboxylic acids is 1. The van der Waals surface area contributed by atoms with Gasteiger partial charge in [0.25, 0.3) is 0 Å². The summed E-state index contributed by atoms with van der Waals surface area (Å²) >= 11 is 0. The topological polar surface area (TPSA) is 49.8 Å². The molecule has 0 bridgehead atoms. The highest BCUT2D eigenvalue weighted by molar-refractivity contribution is 5.60. The molecule has 0 heterocycles. The predicted molar refractivity (Wildman–Crippen MR) is 67.0 cm³/mol. The Hall–Kier alpha value is -0.450. The molecule has 1 atom stereocenters. The molecule has 0 aromatic carbocycles. The van der Waals surface area contributed by atoms with Gasteiger partial charge in [-0.15, -0.1) is 0 Å². The monoisotopic (exact) mass is 243 g/mol. The minimum absolute atomic E-state index is 0.181. The van der Waals surface area contributed by atoms with Crippen LogP contribution in [0.5, 0.6) is 0 Å². The summed E-state index contributed by atoms with van der Waals surface area (Å²) < 4.78 is 4.90. The lowest BCUT2D eigenvalue weighted by Crippen LogP contribution is -2.42. The predicted octanol–water partition coefficient (Wildman–Crippen LogP) is 1.07. The largest absolute Gasteiger partial charge is 0.389 e. The Morgan fingerprint density at radius 2 is 2.06 bits per heavy atom. The number of aliphatic hydroxyl groups is 1. The van der Waals surface area contributed by atoms with Crippen LogP contribution in [0.3, 0.4) is 0 Å². The maximum atomic E-state index is 11.3. The van der Waals surface area contributed by atoms with Crippen molar-refractivity contribution in [1.82, 2.24) is 4.90 Å². The van der Waals surface area contributed by atoms with Crippen molar-refractivity contribution in [3.8, 4) is 0 Å². The molecule has 1 N–H and O–H groups in total. The number of aliphatic hydroxyl groups excluding tert-OH is 1. The molecular formula is C13H25NO3. The maximum absolute atomic E-state index is 11.3. The summed E-state index contributed by atoms with van der Waals surface area (Å²) in [5.74, 6) is 0. The van der Waals surface area contributed by atoms with Gasteiger partial charge in [0, 0.05) is 25.6 Å². The lowest BCUT2D eigenvalue weighted by molar-refractivity contribution is -0.119. The van der Waals surface area contributed by atoms with E-state index in [4.69, 9.17) is 4.74 Å². The molecule has 1 aliphatic carbocycles. The Morgan fingerprint density at radius 1 is 1.41 bits per heavy atom. The van der Waals surface area contributed by atoms with Gasteiger partial charge < -0.3 is 19.5 Å². The maximum Gasteiger partial charge on any atom is 0.127 e. The first-order valence-electron chi connectivity index (χ1n) is 6.44. The molecule has 1 fully saturated rings. The number of aldehydes is 1. The Morgan fingerprint density at radius 3 is 2.59 bits per heavy atom. The van der Waals surface area contributed by atoms with E-state index in [0.29, 0.717) is 13.2 Å². The van der Waals surface area contributed by atoms with Gasteiger partial charge in [0.15, 0.2) is 0 Å². The number of hydrogen-bond acceptors (Lipinski definition) is 4. The molecular weight excluding hydrogens is 218 g/mol. The van der Waals surface area contributed by atoms with E-state index in [1.54, 1.807) is 7.11 Å². The summed E-state index contributed by atoms with van der Waals surface area (Å²) in [5, 5.41) is 9.65. The van der Waals surface area contributed by atoms with E-state index in [-0.39, 0.29) is 5.41 Å². The van der Waals surface area contributed by atoms with Crippen molar-refractivity contribution in [3.05, 3.63) is 0 Å². The Kier molecular flexibility index (Phi) is 6.09. The molecule has 0 aliphatic heterocycles. The fourth-order valence-electron chi connectivity index (χ4n) is 2.78. The molecule has 4 nitrogen and oxygen atoms in total. The molecule has 0 aromatic rings. The first kappa shape index (κ1) is 14.6. The molecule has 1 aliphatic rings. The summed E-state index contributed by atoms with van der Waals surface area (Å²) in [4.78, 5) is 13.4. The van der Waals surface area contributed by atoms with Crippen molar-refractivity contribution in [2.75, 3.05) is 33.9 Å². The highest BCUT2D eigenvalue weighted by Gasteiger charge is 2.33. The van der Waals surface area contributed by atoms with Crippen molar-refractivity contribution >= 4 is 6.29 Å². The fraction of sp³-hybridized carbons (Fsp3) is 0.923. The standard InChI is InChI=1S/C13H25NO3/c1-14(8-12(16)9-17-2)10-13(11-15)6-4-3-5-7-13/h11-12,16H,3-10H2,1-2H3. The third kappa shape index (κ3) is 4.74. The van der Waals surface area contributed by atoms with E-state index in [0.717, 1.165) is 38.5 Å². The van der Waals surface area contributed by atoms with Crippen molar-refractivity contribution in [3.63, 3.8) is 0 Å². The zero-order valence-corrected chi connectivity index (χ0v) is 11.0. The SMILES string of the molecule is COCC(O)CN(C)CC1(C=O)CCCCC1. The minimum atomic E-state index is -0.475. The molecule has 0 radical (unpaired) electrons. The van der Waals surface area contributed by atoms with Gasteiger partial charge in [0.2, 0.25) is 0 Å². The molecule has 1 saturated carbocycles. The van der Waals surface area contributed by atoms with Gasteiger partial charge in [-0.05, 0) is 19.9 Å². The number of nitrogens with zero attached hydrogens (tertiary/aromatic N) is 1. The molecule has 0 amide bonds. The van der Waals surface area contributed by atoms with Gasteiger partial charge in [-0.25, -0.2) is 0 Å². The van der Waals surface area contributed by atoms with Crippen LogP contribution >= 0.6 is 0 Å². The molecule has 100 valence electrons. The second-order valence-corrected chi connectivity index (χ2v) is 5.35. The third-order valence-corrected chi connectivity index (χ3v) is 3.57. The number of methoxy groups -OCH3 is 1. The van der Waals surface area contributed by atoms with Crippen molar-refractivity contribution in [2.45, 2.75) is 38.2 Å². The molecule has 17 heavy (non-hydrogen) atoms. The third-order valence-electron chi connectivity index (χ3n) is 3.57.